The van der Waals surface area contributed by atoms with Gasteiger partial charge in [0.1, 0.15) is 17.2 Å². The highest BCUT2D eigenvalue weighted by Crippen LogP contribution is 2.41. The van der Waals surface area contributed by atoms with Gasteiger partial charge in [-0.05, 0) is 54.7 Å². The Morgan fingerprint density at radius 2 is 1.97 bits per heavy atom. The first-order chi connectivity index (χ1) is 14.5. The number of anilines is 2. The number of halogens is 1. The molecule has 1 aliphatic rings. The molecule has 2 aromatic heterocycles. The number of aromatic nitrogens is 2. The Morgan fingerprint density at radius 3 is 2.70 bits per heavy atom. The van der Waals surface area contributed by atoms with Crippen LogP contribution in [0, 0.1) is 5.82 Å². The van der Waals surface area contributed by atoms with Crippen LogP contribution in [0.3, 0.4) is 0 Å². The van der Waals surface area contributed by atoms with E-state index in [1.807, 2.05) is 42.1 Å². The van der Waals surface area contributed by atoms with Crippen molar-refractivity contribution in [2.45, 2.75) is 18.8 Å². The molecule has 2 aromatic carbocycles. The van der Waals surface area contributed by atoms with Crippen molar-refractivity contribution in [1.29, 1.82) is 0 Å². The van der Waals surface area contributed by atoms with Crippen LogP contribution in [0.2, 0.25) is 0 Å². The van der Waals surface area contributed by atoms with Crippen molar-refractivity contribution >= 4 is 28.4 Å². The van der Waals surface area contributed by atoms with Crippen LogP contribution in [0.1, 0.15) is 34.7 Å². The predicted molar refractivity (Wildman–Crippen MR) is 115 cm³/mol. The molecule has 1 saturated carbocycles. The molecule has 0 saturated heterocycles. The van der Waals surface area contributed by atoms with E-state index in [-0.39, 0.29) is 11.4 Å². The van der Waals surface area contributed by atoms with Gasteiger partial charge in [0, 0.05) is 47.2 Å². The highest BCUT2D eigenvalue weighted by Gasteiger charge is 2.26. The molecule has 0 spiro atoms. The van der Waals surface area contributed by atoms with Crippen LogP contribution in [0.15, 0.2) is 60.9 Å². The number of carboxylic acid groups (broad SMARTS) is 1. The molecule has 2 N–H and O–H groups in total. The van der Waals surface area contributed by atoms with Crippen molar-refractivity contribution < 1.29 is 14.3 Å². The fraction of sp³-hybridized carbons (Fsp3) is 0.167. The third-order valence-electron chi connectivity index (χ3n) is 5.60. The van der Waals surface area contributed by atoms with Crippen LogP contribution >= 0.6 is 0 Å². The van der Waals surface area contributed by atoms with Gasteiger partial charge in [0.05, 0.1) is 0 Å². The molecule has 0 bridgehead atoms. The number of fused-ring (bicyclic) bond motifs is 1. The fourth-order valence-electron chi connectivity index (χ4n) is 3.88. The number of hydrogen-bond acceptors (Lipinski definition) is 3. The number of carboxylic acids is 1. The van der Waals surface area contributed by atoms with Gasteiger partial charge in [0.15, 0.2) is 0 Å². The van der Waals surface area contributed by atoms with Crippen LogP contribution in [-0.4, -0.2) is 20.6 Å². The quantitative estimate of drug-likeness (QED) is 0.450. The minimum absolute atomic E-state index is 0.155. The average Bonchev–Trinajstić information content (AvgIpc) is 3.53. The van der Waals surface area contributed by atoms with Gasteiger partial charge >= 0.3 is 5.97 Å². The fourth-order valence-corrected chi connectivity index (χ4v) is 3.88. The van der Waals surface area contributed by atoms with Crippen molar-refractivity contribution in [3.63, 3.8) is 0 Å². The van der Waals surface area contributed by atoms with Gasteiger partial charge in [-0.2, -0.15) is 0 Å². The van der Waals surface area contributed by atoms with Crippen LogP contribution < -0.4 is 5.32 Å². The van der Waals surface area contributed by atoms with Crippen molar-refractivity contribution in [1.82, 2.24) is 9.55 Å². The van der Waals surface area contributed by atoms with Gasteiger partial charge in [-0.3, -0.25) is 0 Å². The molecule has 30 heavy (non-hydrogen) atoms. The van der Waals surface area contributed by atoms with E-state index in [2.05, 4.69) is 10.3 Å². The van der Waals surface area contributed by atoms with Crippen molar-refractivity contribution in [2.75, 3.05) is 5.32 Å². The molecular formula is C24H20FN3O2. The number of aromatic carboxylic acids is 1. The summed E-state index contributed by atoms with van der Waals surface area (Å²) in [5, 5.41) is 13.7. The molecule has 1 fully saturated rings. The summed E-state index contributed by atoms with van der Waals surface area (Å²) >= 11 is 0. The third kappa shape index (κ3) is 3.20. The van der Waals surface area contributed by atoms with Crippen LogP contribution in [0.25, 0.3) is 22.0 Å². The van der Waals surface area contributed by atoms with Crippen molar-refractivity contribution in [2.24, 2.45) is 7.05 Å². The first-order valence-electron chi connectivity index (χ1n) is 9.85. The standard InChI is InChI=1S/C24H20FN3O2/c1-28-13-20(17-4-2-3-5-21(17)25)18-11-16(8-9-22(18)28)27-23-19(24(29)30)10-15(12-26-23)14-6-7-14/h2-5,8-14H,6-7H2,1H3,(H,26,27)(H,29,30). The molecule has 0 unspecified atom stereocenters. The molecule has 0 radical (unpaired) electrons. The predicted octanol–water partition coefficient (Wildman–Crippen LogP) is 5.70. The van der Waals surface area contributed by atoms with E-state index in [4.69, 9.17) is 0 Å². The van der Waals surface area contributed by atoms with E-state index >= 15 is 0 Å². The lowest BCUT2D eigenvalue weighted by Crippen LogP contribution is -2.06. The lowest BCUT2D eigenvalue weighted by Gasteiger charge is -2.11. The Labute approximate surface area is 172 Å². The van der Waals surface area contributed by atoms with E-state index in [0.29, 0.717) is 23.0 Å². The van der Waals surface area contributed by atoms with Gasteiger partial charge in [-0.25, -0.2) is 14.2 Å². The summed E-state index contributed by atoms with van der Waals surface area (Å²) in [6.45, 7) is 0. The largest absolute Gasteiger partial charge is 0.478 e. The monoisotopic (exact) mass is 401 g/mol. The molecule has 5 nitrogen and oxygen atoms in total. The molecule has 4 aromatic rings. The number of nitrogens with zero attached hydrogens (tertiary/aromatic N) is 2. The molecule has 150 valence electrons. The minimum atomic E-state index is -1.01. The molecule has 6 heteroatoms. The summed E-state index contributed by atoms with van der Waals surface area (Å²) in [5.74, 6) is -0.572. The molecule has 1 aliphatic carbocycles. The third-order valence-corrected chi connectivity index (χ3v) is 5.60. The van der Waals surface area contributed by atoms with Crippen LogP contribution in [0.5, 0.6) is 0 Å². The highest BCUT2D eigenvalue weighted by atomic mass is 19.1. The second kappa shape index (κ2) is 6.99. The van der Waals surface area contributed by atoms with E-state index in [9.17, 15) is 14.3 Å². The maximum Gasteiger partial charge on any atom is 0.339 e. The van der Waals surface area contributed by atoms with Gasteiger partial charge in [-0.1, -0.05) is 18.2 Å². The Hall–Kier alpha value is -3.67. The number of pyridine rings is 1. The number of aryl methyl sites for hydroxylation is 1. The Kier molecular flexibility index (Phi) is 4.28. The number of hydrogen-bond donors (Lipinski definition) is 2. The highest BCUT2D eigenvalue weighted by molar-refractivity contribution is 5.99. The van der Waals surface area contributed by atoms with E-state index in [1.54, 1.807) is 24.4 Å². The number of nitrogens with one attached hydrogen (secondary N) is 1. The smallest absolute Gasteiger partial charge is 0.339 e. The lowest BCUT2D eigenvalue weighted by molar-refractivity contribution is 0.0697. The summed E-state index contributed by atoms with van der Waals surface area (Å²) in [4.78, 5) is 16.2. The zero-order valence-corrected chi connectivity index (χ0v) is 16.4. The zero-order chi connectivity index (χ0) is 20.8. The van der Waals surface area contributed by atoms with Crippen molar-refractivity contribution in [3.05, 3.63) is 77.9 Å². The molecule has 0 amide bonds. The summed E-state index contributed by atoms with van der Waals surface area (Å²) in [7, 11) is 1.92. The summed E-state index contributed by atoms with van der Waals surface area (Å²) in [6, 6.07) is 14.1. The SMILES string of the molecule is Cn1cc(-c2ccccc2F)c2cc(Nc3ncc(C4CC4)cc3C(=O)O)ccc21. The second-order valence-corrected chi connectivity index (χ2v) is 7.73. The van der Waals surface area contributed by atoms with E-state index < -0.39 is 5.97 Å². The molecule has 0 aliphatic heterocycles. The first kappa shape index (κ1) is 18.4. The lowest BCUT2D eigenvalue weighted by atomic mass is 10.0. The van der Waals surface area contributed by atoms with Crippen molar-refractivity contribution in [3.8, 4) is 11.1 Å². The Morgan fingerprint density at radius 1 is 1.17 bits per heavy atom. The van der Waals surface area contributed by atoms with E-state index in [0.717, 1.165) is 34.9 Å². The maximum absolute atomic E-state index is 14.4. The topological polar surface area (TPSA) is 67.2 Å². The van der Waals surface area contributed by atoms with E-state index in [1.165, 1.54) is 6.07 Å². The minimum Gasteiger partial charge on any atom is -0.478 e. The summed E-state index contributed by atoms with van der Waals surface area (Å²) in [6.07, 6.45) is 5.81. The number of rotatable bonds is 5. The zero-order valence-electron chi connectivity index (χ0n) is 16.4. The number of benzene rings is 2. The average molecular weight is 401 g/mol. The summed E-state index contributed by atoms with van der Waals surface area (Å²) < 4.78 is 16.4. The molecule has 5 rings (SSSR count). The Balaban J connectivity index is 1.57. The maximum atomic E-state index is 14.4. The first-order valence-corrected chi connectivity index (χ1v) is 9.85. The van der Waals surface area contributed by atoms with Gasteiger partial charge < -0.3 is 15.0 Å². The normalized spacial score (nSPS) is 13.5. The summed E-state index contributed by atoms with van der Waals surface area (Å²) in [5.41, 5.74) is 4.08. The second-order valence-electron chi connectivity index (χ2n) is 7.73. The van der Waals surface area contributed by atoms with Gasteiger partial charge in [0.25, 0.3) is 0 Å². The Bertz CT molecular complexity index is 1290. The molecule has 2 heterocycles. The van der Waals surface area contributed by atoms with Gasteiger partial charge in [0.2, 0.25) is 0 Å². The van der Waals surface area contributed by atoms with Gasteiger partial charge in [-0.15, -0.1) is 0 Å². The number of carbonyl (C=O) groups is 1. The molecule has 0 atom stereocenters. The van der Waals surface area contributed by atoms with Crippen LogP contribution in [-0.2, 0) is 7.05 Å². The molecular weight excluding hydrogens is 381 g/mol. The van der Waals surface area contributed by atoms with Crippen LogP contribution in [0.4, 0.5) is 15.9 Å².